The average molecular weight is 841 g/mol. The first-order valence-electron chi connectivity index (χ1n) is 21.2. The molecule has 1 aromatic carbocycles. The van der Waals surface area contributed by atoms with E-state index >= 15 is 0 Å². The first-order chi connectivity index (χ1) is 28.1. The second kappa shape index (κ2) is 22.5. The van der Waals surface area contributed by atoms with Gasteiger partial charge in [-0.1, -0.05) is 58.0 Å². The zero-order valence-corrected chi connectivity index (χ0v) is 37.0. The number of likely N-dealkylation sites (tertiary alicyclic amines) is 1. The molecule has 5 N–H and O–H groups in total. The van der Waals surface area contributed by atoms with Crippen LogP contribution in [0.3, 0.4) is 0 Å². The van der Waals surface area contributed by atoms with Crippen molar-refractivity contribution in [2.45, 2.75) is 142 Å². The van der Waals surface area contributed by atoms with Gasteiger partial charge in [-0.2, -0.15) is 0 Å². The predicted octanol–water partition coefficient (Wildman–Crippen LogP) is 0.578. The van der Waals surface area contributed by atoms with E-state index < -0.39 is 102 Å². The van der Waals surface area contributed by atoms with Gasteiger partial charge in [0.05, 0.1) is 12.5 Å². The molecule has 60 heavy (non-hydrogen) atoms. The van der Waals surface area contributed by atoms with Crippen molar-refractivity contribution in [3.8, 4) is 0 Å². The Hall–Kier alpha value is -5.06. The average Bonchev–Trinajstić information content (AvgIpc) is 3.20. The molecule has 0 saturated carbocycles. The molecule has 3 rings (SSSR count). The molecule has 0 radical (unpaired) electrons. The highest BCUT2D eigenvalue weighted by atomic mass is 16.3. The van der Waals surface area contributed by atoms with Crippen molar-refractivity contribution in [3.63, 3.8) is 0 Å². The van der Waals surface area contributed by atoms with E-state index in [4.69, 9.17) is 0 Å². The van der Waals surface area contributed by atoms with Crippen molar-refractivity contribution in [2.75, 3.05) is 34.2 Å². The maximum absolute atomic E-state index is 14.2. The van der Waals surface area contributed by atoms with Gasteiger partial charge in [0.15, 0.2) is 0 Å². The topological polar surface area (TPSA) is 218 Å². The molecule has 8 amide bonds. The van der Waals surface area contributed by atoms with E-state index in [0.717, 1.165) is 29.1 Å². The van der Waals surface area contributed by atoms with E-state index in [9.17, 15) is 43.5 Å². The lowest BCUT2D eigenvalue weighted by Crippen LogP contribution is -2.62. The number of nitrogens with zero attached hydrogens (tertiary/aromatic N) is 4. The molecule has 17 nitrogen and oxygen atoms in total. The Morgan fingerprint density at radius 3 is 1.82 bits per heavy atom. The Kier molecular flexibility index (Phi) is 18.5. The summed E-state index contributed by atoms with van der Waals surface area (Å²) in [6.45, 7) is 12.6. The fourth-order valence-corrected chi connectivity index (χ4v) is 7.58. The van der Waals surface area contributed by atoms with Crippen LogP contribution in [0.2, 0.25) is 0 Å². The zero-order valence-electron chi connectivity index (χ0n) is 37.0. The summed E-state index contributed by atoms with van der Waals surface area (Å²) in [7, 11) is 4.17. The van der Waals surface area contributed by atoms with Gasteiger partial charge in [-0.3, -0.25) is 38.4 Å². The molecule has 1 aromatic rings. The maximum atomic E-state index is 14.2. The normalized spacial score (nSPS) is 27.1. The minimum absolute atomic E-state index is 0.00110. The highest BCUT2D eigenvalue weighted by molar-refractivity contribution is 5.99. The number of hydrogen-bond acceptors (Lipinski definition) is 9. The van der Waals surface area contributed by atoms with Gasteiger partial charge in [-0.15, -0.1) is 0 Å². The number of aliphatic hydroxyl groups excluding tert-OH is 1. The lowest BCUT2D eigenvalue weighted by Gasteiger charge is -2.36. The number of rotatable bonds is 8. The third-order valence-corrected chi connectivity index (χ3v) is 11.3. The fraction of sp³-hybridized carbons (Fsp3) is 0.674. The van der Waals surface area contributed by atoms with E-state index in [1.165, 1.54) is 46.8 Å². The van der Waals surface area contributed by atoms with Gasteiger partial charge in [0.1, 0.15) is 42.3 Å². The quantitative estimate of drug-likeness (QED) is 0.247. The second-order valence-electron chi connectivity index (χ2n) is 17.2. The van der Waals surface area contributed by atoms with Crippen molar-refractivity contribution < 1.29 is 43.5 Å². The number of carbonyl (C=O) groups excluding carboxylic acids is 8. The first kappa shape index (κ1) is 49.3. The SMILES string of the molecule is CC(C)C[C@@H]1NC(=O)[C@H](CC(C)C)N(C)C(=O)[C@H](C)N(C)C(=O)[C@H]([C@@H](C)O)NC(=O)[C@H](Cc2ccccc2)N(C)C(=O)[C@@H](C)NC(=O)C[C@@H](C(=O)N2CCCCC2)NC1=O. The first-order valence-corrected chi connectivity index (χ1v) is 21.2. The largest absolute Gasteiger partial charge is 0.391 e. The highest BCUT2D eigenvalue weighted by Crippen LogP contribution is 2.18. The Morgan fingerprint density at radius 1 is 0.683 bits per heavy atom. The van der Waals surface area contributed by atoms with Gasteiger partial charge in [-0.05, 0) is 70.3 Å². The Bertz CT molecular complexity index is 1680. The summed E-state index contributed by atoms with van der Waals surface area (Å²) in [6.07, 6.45) is 0.854. The molecule has 0 spiro atoms. The molecule has 2 fully saturated rings. The van der Waals surface area contributed by atoms with Crippen molar-refractivity contribution in [1.29, 1.82) is 0 Å². The summed E-state index contributed by atoms with van der Waals surface area (Å²) < 4.78 is 0. The van der Waals surface area contributed by atoms with Gasteiger partial charge in [0, 0.05) is 40.7 Å². The minimum atomic E-state index is -1.54. The molecule has 8 atom stereocenters. The number of likely N-dealkylation sites (N-methyl/N-ethyl adjacent to an activating group) is 3. The highest BCUT2D eigenvalue weighted by Gasteiger charge is 2.40. The van der Waals surface area contributed by atoms with Crippen LogP contribution in [0.15, 0.2) is 30.3 Å². The van der Waals surface area contributed by atoms with Crippen LogP contribution in [0, 0.1) is 11.8 Å². The van der Waals surface area contributed by atoms with Gasteiger partial charge in [-0.25, -0.2) is 0 Å². The molecule has 2 aliphatic heterocycles. The molecule has 0 aliphatic carbocycles. The van der Waals surface area contributed by atoms with Crippen molar-refractivity contribution >= 4 is 47.3 Å². The van der Waals surface area contributed by atoms with Crippen LogP contribution in [-0.4, -0.2) is 155 Å². The lowest BCUT2D eigenvalue weighted by atomic mass is 9.98. The van der Waals surface area contributed by atoms with Gasteiger partial charge in [0.25, 0.3) is 0 Å². The summed E-state index contributed by atoms with van der Waals surface area (Å²) in [5, 5.41) is 21.6. The predicted molar refractivity (Wildman–Crippen MR) is 225 cm³/mol. The van der Waals surface area contributed by atoms with Crippen LogP contribution >= 0.6 is 0 Å². The number of hydrogen-bond donors (Lipinski definition) is 5. The Balaban J connectivity index is 2.15. The third-order valence-electron chi connectivity index (χ3n) is 11.3. The molecule has 334 valence electrons. The summed E-state index contributed by atoms with van der Waals surface area (Å²) in [4.78, 5) is 117. The number of amides is 8. The molecule has 2 heterocycles. The van der Waals surface area contributed by atoms with E-state index in [2.05, 4.69) is 21.3 Å². The molecule has 2 aliphatic rings. The van der Waals surface area contributed by atoms with Gasteiger partial charge < -0.3 is 46.0 Å². The van der Waals surface area contributed by atoms with E-state index in [1.54, 1.807) is 35.2 Å². The van der Waals surface area contributed by atoms with E-state index in [0.29, 0.717) is 18.7 Å². The smallest absolute Gasteiger partial charge is 0.248 e. The number of benzene rings is 1. The maximum Gasteiger partial charge on any atom is 0.248 e. The number of carbonyl (C=O) groups is 8. The monoisotopic (exact) mass is 841 g/mol. The summed E-state index contributed by atoms with van der Waals surface area (Å²) in [5.41, 5.74) is 0.681. The van der Waals surface area contributed by atoms with E-state index in [1.807, 2.05) is 27.7 Å². The molecule has 2 saturated heterocycles. The van der Waals surface area contributed by atoms with Crippen LogP contribution < -0.4 is 21.3 Å². The molecule has 17 heteroatoms. The number of nitrogens with one attached hydrogen (secondary N) is 4. The van der Waals surface area contributed by atoms with Crippen LogP contribution in [0.4, 0.5) is 0 Å². The number of piperidine rings is 1. The Morgan fingerprint density at radius 2 is 1.25 bits per heavy atom. The fourth-order valence-electron chi connectivity index (χ4n) is 7.58. The third kappa shape index (κ3) is 13.5. The molecular weight excluding hydrogens is 773 g/mol. The van der Waals surface area contributed by atoms with Gasteiger partial charge >= 0.3 is 0 Å². The summed E-state index contributed by atoms with van der Waals surface area (Å²) >= 11 is 0. The van der Waals surface area contributed by atoms with Crippen molar-refractivity contribution in [3.05, 3.63) is 35.9 Å². The lowest BCUT2D eigenvalue weighted by molar-refractivity contribution is -0.150. The van der Waals surface area contributed by atoms with Crippen LogP contribution in [0.5, 0.6) is 0 Å². The molecule has 0 bridgehead atoms. The summed E-state index contributed by atoms with van der Waals surface area (Å²) in [5.74, 6) is -5.55. The zero-order chi connectivity index (χ0) is 45.0. The second-order valence-corrected chi connectivity index (χ2v) is 17.2. The molecule has 0 aromatic heterocycles. The van der Waals surface area contributed by atoms with Gasteiger partial charge in [0.2, 0.25) is 47.3 Å². The molecular formula is C43H68N8O9. The van der Waals surface area contributed by atoms with E-state index in [-0.39, 0.29) is 31.1 Å². The standard InChI is InChI=1S/C43H68N8O9/c1-25(2)21-31-37(54)46-32(42(59)51-19-15-12-16-20-51)24-35(53)44-27(5)40(57)49(9)34(23-30-17-13-11-14-18-30)39(56)47-36(29(7)52)43(60)48(8)28(6)41(58)50(10)33(22-26(3)4)38(55)45-31/h11,13-14,17-18,25-29,31-34,36,52H,12,15-16,19-24H2,1-10H3,(H,44,53)(H,45,55)(H,46,54)(H,47,56)/t27-,28+,29-,31+,32+,33+,34+,36+/m1/s1. The van der Waals surface area contributed by atoms with Crippen molar-refractivity contribution in [1.82, 2.24) is 40.9 Å². The van der Waals surface area contributed by atoms with Crippen LogP contribution in [0.25, 0.3) is 0 Å². The Labute approximate surface area is 354 Å². The summed E-state index contributed by atoms with van der Waals surface area (Å²) in [6, 6.07) is 0.123. The minimum Gasteiger partial charge on any atom is -0.391 e. The number of aliphatic hydroxyl groups is 1. The molecule has 0 unspecified atom stereocenters. The van der Waals surface area contributed by atoms with Crippen LogP contribution in [-0.2, 0) is 44.8 Å². The van der Waals surface area contributed by atoms with Crippen LogP contribution in [0.1, 0.15) is 92.6 Å². The van der Waals surface area contributed by atoms with Crippen molar-refractivity contribution in [2.24, 2.45) is 11.8 Å².